The zero-order chi connectivity index (χ0) is 15.1. The summed E-state index contributed by atoms with van der Waals surface area (Å²) in [5.41, 5.74) is 4.08. The van der Waals surface area contributed by atoms with Crippen molar-refractivity contribution in [3.63, 3.8) is 0 Å². The summed E-state index contributed by atoms with van der Waals surface area (Å²) >= 11 is 0. The minimum absolute atomic E-state index is 0. The molecule has 122 valence electrons. The summed E-state index contributed by atoms with van der Waals surface area (Å²) in [6.45, 7) is 9.22. The maximum absolute atomic E-state index is 4.62. The number of nitrogens with zero attached hydrogens (tertiary/aromatic N) is 2. The number of guanidine groups is 1. The van der Waals surface area contributed by atoms with Gasteiger partial charge in [0, 0.05) is 32.4 Å². The molecule has 0 unspecified atom stereocenters. The molecule has 0 saturated carbocycles. The Morgan fingerprint density at radius 2 is 2.23 bits per heavy atom. The van der Waals surface area contributed by atoms with Gasteiger partial charge in [0.05, 0.1) is 6.54 Å². The van der Waals surface area contributed by atoms with Crippen molar-refractivity contribution < 1.29 is 0 Å². The van der Waals surface area contributed by atoms with Crippen molar-refractivity contribution in [3.8, 4) is 0 Å². The van der Waals surface area contributed by atoms with Gasteiger partial charge in [0.1, 0.15) is 0 Å². The SMILES string of the molecule is C=CCNC(=NCc1ccc2c(c1)CCCN2C)NCC.I. The van der Waals surface area contributed by atoms with Crippen LogP contribution >= 0.6 is 24.0 Å². The van der Waals surface area contributed by atoms with E-state index >= 15 is 0 Å². The molecular formula is C17H27IN4. The number of anilines is 1. The van der Waals surface area contributed by atoms with Gasteiger partial charge in [-0.2, -0.15) is 0 Å². The summed E-state index contributed by atoms with van der Waals surface area (Å²) in [4.78, 5) is 6.96. The molecule has 1 aromatic rings. The maximum Gasteiger partial charge on any atom is 0.191 e. The maximum atomic E-state index is 4.62. The minimum Gasteiger partial charge on any atom is -0.374 e. The molecule has 0 spiro atoms. The molecule has 2 N–H and O–H groups in total. The first kappa shape index (κ1) is 18.8. The van der Waals surface area contributed by atoms with Crippen molar-refractivity contribution in [2.24, 2.45) is 4.99 Å². The van der Waals surface area contributed by atoms with Gasteiger partial charge in [-0.25, -0.2) is 4.99 Å². The number of benzene rings is 1. The van der Waals surface area contributed by atoms with Crippen LogP contribution in [0, 0.1) is 0 Å². The zero-order valence-corrected chi connectivity index (χ0v) is 15.9. The first-order valence-corrected chi connectivity index (χ1v) is 7.70. The topological polar surface area (TPSA) is 39.7 Å². The summed E-state index contributed by atoms with van der Waals surface area (Å²) in [5, 5.41) is 6.46. The van der Waals surface area contributed by atoms with Crippen molar-refractivity contribution in [2.45, 2.75) is 26.3 Å². The highest BCUT2D eigenvalue weighted by Gasteiger charge is 2.13. The van der Waals surface area contributed by atoms with Gasteiger partial charge >= 0.3 is 0 Å². The standard InChI is InChI=1S/C17H26N4.HI/c1-4-10-19-17(18-5-2)20-13-14-8-9-16-15(12-14)7-6-11-21(16)3;/h4,8-9,12H,1,5-7,10-11,13H2,2-3H3,(H2,18,19,20);1H. The second-order valence-electron chi connectivity index (χ2n) is 5.35. The van der Waals surface area contributed by atoms with Crippen molar-refractivity contribution >= 4 is 35.6 Å². The minimum atomic E-state index is 0. The molecule has 0 saturated heterocycles. The molecule has 0 radical (unpaired) electrons. The fourth-order valence-corrected chi connectivity index (χ4v) is 2.62. The monoisotopic (exact) mass is 414 g/mol. The van der Waals surface area contributed by atoms with E-state index in [1.165, 1.54) is 29.7 Å². The lowest BCUT2D eigenvalue weighted by atomic mass is 10.00. The molecular weight excluding hydrogens is 387 g/mol. The Morgan fingerprint density at radius 3 is 2.95 bits per heavy atom. The van der Waals surface area contributed by atoms with E-state index in [9.17, 15) is 0 Å². The number of halogens is 1. The normalized spacial score (nSPS) is 13.9. The van der Waals surface area contributed by atoms with Crippen LogP contribution in [0.2, 0.25) is 0 Å². The number of fused-ring (bicyclic) bond motifs is 1. The molecule has 0 atom stereocenters. The molecule has 4 nitrogen and oxygen atoms in total. The number of nitrogens with one attached hydrogen (secondary N) is 2. The Kier molecular flexibility index (Phi) is 8.30. The van der Waals surface area contributed by atoms with Crippen LogP contribution in [0.5, 0.6) is 0 Å². The number of aliphatic imine (C=N–C) groups is 1. The van der Waals surface area contributed by atoms with E-state index in [0.29, 0.717) is 6.54 Å². The fourth-order valence-electron chi connectivity index (χ4n) is 2.62. The molecule has 5 heteroatoms. The van der Waals surface area contributed by atoms with Crippen molar-refractivity contribution in [1.29, 1.82) is 0 Å². The van der Waals surface area contributed by atoms with Gasteiger partial charge in [-0.3, -0.25) is 0 Å². The molecule has 0 aromatic heterocycles. The predicted octanol–water partition coefficient (Wildman–Crippen LogP) is 2.93. The summed E-state index contributed by atoms with van der Waals surface area (Å²) in [5.74, 6) is 0.840. The van der Waals surface area contributed by atoms with E-state index in [1.54, 1.807) is 0 Å². The van der Waals surface area contributed by atoms with Crippen LogP contribution in [0.15, 0.2) is 35.8 Å². The van der Waals surface area contributed by atoms with Crippen LogP contribution in [0.25, 0.3) is 0 Å². The Labute approximate surface area is 151 Å². The first-order valence-electron chi connectivity index (χ1n) is 7.70. The molecule has 2 rings (SSSR count). The molecule has 0 bridgehead atoms. The van der Waals surface area contributed by atoms with Crippen LogP contribution < -0.4 is 15.5 Å². The van der Waals surface area contributed by atoms with Crippen molar-refractivity contribution in [1.82, 2.24) is 10.6 Å². The molecule has 0 amide bonds. The third kappa shape index (κ3) is 5.19. The third-order valence-corrected chi connectivity index (χ3v) is 3.67. The summed E-state index contributed by atoms with van der Waals surface area (Å²) in [7, 11) is 2.16. The Balaban J connectivity index is 0.00000242. The number of aryl methyl sites for hydroxylation is 1. The van der Waals surface area contributed by atoms with Gasteiger partial charge in [0.2, 0.25) is 0 Å². The largest absolute Gasteiger partial charge is 0.374 e. The molecule has 0 fully saturated rings. The summed E-state index contributed by atoms with van der Waals surface area (Å²) in [6.07, 6.45) is 4.24. The number of hydrogen-bond donors (Lipinski definition) is 2. The highest BCUT2D eigenvalue weighted by atomic mass is 127. The average Bonchev–Trinajstić information content (AvgIpc) is 2.50. The van der Waals surface area contributed by atoms with Gasteiger partial charge in [0.15, 0.2) is 5.96 Å². The molecule has 1 aliphatic rings. The van der Waals surface area contributed by atoms with E-state index in [4.69, 9.17) is 0 Å². The van der Waals surface area contributed by atoms with Crippen LogP contribution in [0.3, 0.4) is 0 Å². The first-order chi connectivity index (χ1) is 10.2. The Morgan fingerprint density at radius 1 is 1.41 bits per heavy atom. The van der Waals surface area contributed by atoms with Gasteiger partial charge in [-0.15, -0.1) is 30.6 Å². The van der Waals surface area contributed by atoms with Crippen LogP contribution in [-0.4, -0.2) is 32.6 Å². The molecule has 1 aromatic carbocycles. The van der Waals surface area contributed by atoms with Gasteiger partial charge in [-0.1, -0.05) is 18.2 Å². The predicted molar refractivity (Wildman–Crippen MR) is 106 cm³/mol. The zero-order valence-electron chi connectivity index (χ0n) is 13.6. The molecule has 1 heterocycles. The van der Waals surface area contributed by atoms with Crippen LogP contribution in [0.1, 0.15) is 24.5 Å². The Hall–Kier alpha value is -1.24. The summed E-state index contributed by atoms with van der Waals surface area (Å²) in [6, 6.07) is 6.70. The lowest BCUT2D eigenvalue weighted by Crippen LogP contribution is -2.37. The van der Waals surface area contributed by atoms with Crippen LogP contribution in [0.4, 0.5) is 5.69 Å². The lowest BCUT2D eigenvalue weighted by Gasteiger charge is -2.27. The highest BCUT2D eigenvalue weighted by Crippen LogP contribution is 2.26. The van der Waals surface area contributed by atoms with Gasteiger partial charge in [0.25, 0.3) is 0 Å². The number of rotatable bonds is 5. The smallest absolute Gasteiger partial charge is 0.191 e. The second kappa shape index (κ2) is 9.71. The van der Waals surface area contributed by atoms with Crippen LogP contribution in [-0.2, 0) is 13.0 Å². The van der Waals surface area contributed by atoms with Gasteiger partial charge in [-0.05, 0) is 37.0 Å². The second-order valence-corrected chi connectivity index (χ2v) is 5.35. The van der Waals surface area contributed by atoms with Gasteiger partial charge < -0.3 is 15.5 Å². The highest BCUT2D eigenvalue weighted by molar-refractivity contribution is 14.0. The van der Waals surface area contributed by atoms with E-state index in [-0.39, 0.29) is 24.0 Å². The summed E-state index contributed by atoms with van der Waals surface area (Å²) < 4.78 is 0. The van der Waals surface area contributed by atoms with E-state index in [0.717, 1.165) is 25.6 Å². The van der Waals surface area contributed by atoms with Crippen molar-refractivity contribution in [2.75, 3.05) is 31.6 Å². The third-order valence-electron chi connectivity index (χ3n) is 3.67. The molecule has 0 aliphatic carbocycles. The molecule has 1 aliphatic heterocycles. The quantitative estimate of drug-likeness (QED) is 0.337. The van der Waals surface area contributed by atoms with E-state index in [1.807, 2.05) is 6.08 Å². The molecule has 22 heavy (non-hydrogen) atoms. The lowest BCUT2D eigenvalue weighted by molar-refractivity contribution is 0.742. The van der Waals surface area contributed by atoms with E-state index in [2.05, 4.69) is 59.3 Å². The Bertz CT molecular complexity index is 513. The number of hydrogen-bond acceptors (Lipinski definition) is 2. The van der Waals surface area contributed by atoms with Crippen molar-refractivity contribution in [3.05, 3.63) is 42.0 Å². The van der Waals surface area contributed by atoms with E-state index < -0.39 is 0 Å². The fraction of sp³-hybridized carbons (Fsp3) is 0.471. The average molecular weight is 414 g/mol.